The van der Waals surface area contributed by atoms with Crippen molar-refractivity contribution in [3.05, 3.63) is 34.8 Å². The van der Waals surface area contributed by atoms with Gasteiger partial charge in [-0.05, 0) is 18.9 Å². The minimum atomic E-state index is 0.0475. The Kier molecular flexibility index (Phi) is 4.56. The minimum absolute atomic E-state index is 0.0475. The van der Waals surface area contributed by atoms with Crippen molar-refractivity contribution < 1.29 is 9.47 Å². The van der Waals surface area contributed by atoms with Gasteiger partial charge in [0.15, 0.2) is 11.9 Å². The van der Waals surface area contributed by atoms with Crippen LogP contribution in [0, 0.1) is 12.1 Å². The van der Waals surface area contributed by atoms with E-state index in [0.29, 0.717) is 0 Å². The smallest absolute Gasteiger partial charge is 0.195 e. The van der Waals surface area contributed by atoms with Crippen molar-refractivity contribution in [2.45, 2.75) is 39.7 Å². The molecule has 84 valence electrons. The number of hydrogen-bond donors (Lipinski definition) is 0. The Balaban J connectivity index is 2.86. The summed E-state index contributed by atoms with van der Waals surface area (Å²) in [7, 11) is 0. The summed E-state index contributed by atoms with van der Waals surface area (Å²) >= 11 is 0. The lowest BCUT2D eigenvalue weighted by Gasteiger charge is -2.17. The van der Waals surface area contributed by atoms with Gasteiger partial charge in [-0.2, -0.15) is 4.73 Å². The molecule has 0 aliphatic rings. The number of aromatic nitrogens is 1. The summed E-state index contributed by atoms with van der Waals surface area (Å²) in [4.78, 5) is 0. The van der Waals surface area contributed by atoms with Gasteiger partial charge in [0.25, 0.3) is 0 Å². The maximum atomic E-state index is 11.4. The van der Waals surface area contributed by atoms with Crippen molar-refractivity contribution in [1.29, 1.82) is 0 Å². The molecule has 1 atom stereocenters. The molecule has 1 heterocycles. The monoisotopic (exact) mass is 209 g/mol. The fourth-order valence-corrected chi connectivity index (χ4v) is 1.61. The average molecular weight is 209 g/mol. The van der Waals surface area contributed by atoms with E-state index < -0.39 is 0 Å². The number of rotatable bonds is 5. The van der Waals surface area contributed by atoms with Crippen LogP contribution in [0.15, 0.2) is 18.3 Å². The summed E-state index contributed by atoms with van der Waals surface area (Å²) in [6.45, 7) is 6.73. The van der Waals surface area contributed by atoms with Crippen molar-refractivity contribution >= 4 is 0 Å². The van der Waals surface area contributed by atoms with Crippen LogP contribution in [0.5, 0.6) is 0 Å². The van der Waals surface area contributed by atoms with Crippen LogP contribution in [0.25, 0.3) is 0 Å². The van der Waals surface area contributed by atoms with Crippen molar-refractivity contribution in [3.8, 4) is 0 Å². The predicted molar refractivity (Wildman–Crippen MR) is 59.4 cm³/mol. The standard InChI is InChI=1S/C12H19NO2/c1-4-9-15-12(5-2)11-7-6-8-13(14)10(11)3/h6-8,12H,4-5,9H2,1-3H3. The Hall–Kier alpha value is -1.09. The van der Waals surface area contributed by atoms with E-state index in [4.69, 9.17) is 4.74 Å². The van der Waals surface area contributed by atoms with Crippen molar-refractivity contribution in [3.63, 3.8) is 0 Å². The van der Waals surface area contributed by atoms with Crippen LogP contribution in [0.1, 0.15) is 44.1 Å². The fourth-order valence-electron chi connectivity index (χ4n) is 1.61. The second kappa shape index (κ2) is 5.71. The molecule has 0 saturated carbocycles. The van der Waals surface area contributed by atoms with Gasteiger partial charge >= 0.3 is 0 Å². The maximum Gasteiger partial charge on any atom is 0.195 e. The Morgan fingerprint density at radius 1 is 1.47 bits per heavy atom. The molecule has 0 saturated heterocycles. The molecule has 1 aromatic rings. The molecule has 0 aliphatic carbocycles. The van der Waals surface area contributed by atoms with E-state index in [-0.39, 0.29) is 6.10 Å². The van der Waals surface area contributed by atoms with Gasteiger partial charge in [-0.1, -0.05) is 13.8 Å². The van der Waals surface area contributed by atoms with E-state index >= 15 is 0 Å². The Bertz CT molecular complexity index is 312. The van der Waals surface area contributed by atoms with Crippen LogP contribution in [-0.2, 0) is 4.74 Å². The zero-order chi connectivity index (χ0) is 11.3. The second-order valence-electron chi connectivity index (χ2n) is 3.64. The molecular weight excluding hydrogens is 190 g/mol. The summed E-state index contributed by atoms with van der Waals surface area (Å²) in [6.07, 6.45) is 3.46. The predicted octanol–water partition coefficient (Wildman–Crippen LogP) is 2.51. The third-order valence-corrected chi connectivity index (χ3v) is 2.49. The molecular formula is C12H19NO2. The van der Waals surface area contributed by atoms with Crippen LogP contribution >= 0.6 is 0 Å². The van der Waals surface area contributed by atoms with E-state index in [9.17, 15) is 5.21 Å². The maximum absolute atomic E-state index is 11.4. The molecule has 0 bridgehead atoms. The van der Waals surface area contributed by atoms with Gasteiger partial charge in [0.05, 0.1) is 6.10 Å². The normalized spacial score (nSPS) is 12.7. The molecule has 0 fully saturated rings. The van der Waals surface area contributed by atoms with Crippen LogP contribution in [0.2, 0.25) is 0 Å². The summed E-state index contributed by atoms with van der Waals surface area (Å²) in [5.74, 6) is 0. The number of pyridine rings is 1. The largest absolute Gasteiger partial charge is 0.619 e. The highest BCUT2D eigenvalue weighted by atomic mass is 16.5. The summed E-state index contributed by atoms with van der Waals surface area (Å²) in [5.41, 5.74) is 1.74. The van der Waals surface area contributed by atoms with Crippen LogP contribution in [-0.4, -0.2) is 6.61 Å². The first-order chi connectivity index (χ1) is 7.20. The Morgan fingerprint density at radius 2 is 2.20 bits per heavy atom. The molecule has 1 rings (SSSR count). The van der Waals surface area contributed by atoms with Crippen molar-refractivity contribution in [2.24, 2.45) is 0 Å². The van der Waals surface area contributed by atoms with Crippen molar-refractivity contribution in [1.82, 2.24) is 0 Å². The van der Waals surface area contributed by atoms with Gasteiger partial charge in [0, 0.05) is 25.2 Å². The lowest BCUT2D eigenvalue weighted by atomic mass is 10.1. The number of hydrogen-bond acceptors (Lipinski definition) is 2. The topological polar surface area (TPSA) is 36.2 Å². The fraction of sp³-hybridized carbons (Fsp3) is 0.583. The van der Waals surface area contributed by atoms with E-state index in [1.807, 2.05) is 13.0 Å². The zero-order valence-corrected chi connectivity index (χ0v) is 9.69. The lowest BCUT2D eigenvalue weighted by molar-refractivity contribution is -0.613. The first-order valence-corrected chi connectivity index (χ1v) is 5.51. The van der Waals surface area contributed by atoms with Gasteiger partial charge in [-0.25, -0.2) is 0 Å². The highest BCUT2D eigenvalue weighted by Crippen LogP contribution is 2.22. The minimum Gasteiger partial charge on any atom is -0.619 e. The van der Waals surface area contributed by atoms with E-state index in [0.717, 1.165) is 35.4 Å². The lowest BCUT2D eigenvalue weighted by Crippen LogP contribution is -2.31. The van der Waals surface area contributed by atoms with Gasteiger partial charge < -0.3 is 9.94 Å². The average Bonchev–Trinajstić information content (AvgIpc) is 2.25. The third-order valence-electron chi connectivity index (χ3n) is 2.49. The summed E-state index contributed by atoms with van der Waals surface area (Å²) < 4.78 is 6.61. The first kappa shape index (κ1) is 12.0. The van der Waals surface area contributed by atoms with E-state index in [2.05, 4.69) is 13.8 Å². The van der Waals surface area contributed by atoms with Crippen LogP contribution in [0.4, 0.5) is 0 Å². The van der Waals surface area contributed by atoms with Gasteiger partial charge in [0.2, 0.25) is 0 Å². The highest BCUT2D eigenvalue weighted by Gasteiger charge is 2.16. The number of ether oxygens (including phenoxy) is 1. The molecule has 0 aliphatic heterocycles. The molecule has 0 spiro atoms. The molecule has 3 nitrogen and oxygen atoms in total. The first-order valence-electron chi connectivity index (χ1n) is 5.51. The Morgan fingerprint density at radius 3 is 2.80 bits per heavy atom. The summed E-state index contributed by atoms with van der Waals surface area (Å²) in [5, 5.41) is 11.4. The molecule has 0 radical (unpaired) electrons. The molecule has 1 unspecified atom stereocenters. The van der Waals surface area contributed by atoms with E-state index in [1.54, 1.807) is 6.07 Å². The molecule has 0 N–H and O–H groups in total. The van der Waals surface area contributed by atoms with Crippen LogP contribution < -0.4 is 4.73 Å². The molecule has 15 heavy (non-hydrogen) atoms. The third kappa shape index (κ3) is 2.93. The van der Waals surface area contributed by atoms with Crippen molar-refractivity contribution in [2.75, 3.05) is 6.61 Å². The van der Waals surface area contributed by atoms with Gasteiger partial charge in [0.1, 0.15) is 0 Å². The quantitative estimate of drug-likeness (QED) is 0.552. The summed E-state index contributed by atoms with van der Waals surface area (Å²) in [6, 6.07) is 3.74. The van der Waals surface area contributed by atoms with Gasteiger partial charge in [-0.15, -0.1) is 0 Å². The SMILES string of the molecule is CCCOC(CC)c1ccc[n+]([O-])c1C. The number of nitrogens with zero attached hydrogens (tertiary/aromatic N) is 1. The van der Waals surface area contributed by atoms with Crippen LogP contribution in [0.3, 0.4) is 0 Å². The highest BCUT2D eigenvalue weighted by molar-refractivity contribution is 5.17. The zero-order valence-electron chi connectivity index (χ0n) is 9.69. The molecule has 1 aromatic heterocycles. The molecule has 0 aromatic carbocycles. The molecule has 3 heteroatoms. The van der Waals surface area contributed by atoms with Gasteiger partial charge in [-0.3, -0.25) is 0 Å². The van der Waals surface area contributed by atoms with E-state index in [1.165, 1.54) is 6.20 Å². The Labute approximate surface area is 91.3 Å². The second-order valence-corrected chi connectivity index (χ2v) is 3.64. The molecule has 0 amide bonds.